The molecule has 0 bridgehead atoms. The molecule has 8 nitrogen and oxygen atoms in total. The Balaban J connectivity index is 2.29. The SMILES string of the molecule is CC(C)[C@@H](NC(=O)C[C@H](O)CNC(=O)OCc1ccccc1)C(N)=O. The van der Waals surface area contributed by atoms with Gasteiger partial charge in [-0.15, -0.1) is 0 Å². The molecule has 0 aliphatic rings. The van der Waals surface area contributed by atoms with Crippen LogP contribution in [0.1, 0.15) is 25.8 Å². The van der Waals surface area contributed by atoms with Crippen molar-refractivity contribution < 1.29 is 24.2 Å². The molecule has 0 aromatic heterocycles. The molecule has 0 aliphatic heterocycles. The summed E-state index contributed by atoms with van der Waals surface area (Å²) in [7, 11) is 0. The third-order valence-electron chi connectivity index (χ3n) is 3.41. The van der Waals surface area contributed by atoms with Gasteiger partial charge in [-0.1, -0.05) is 44.2 Å². The number of amides is 3. The Kier molecular flexibility index (Phi) is 8.42. The number of rotatable bonds is 9. The number of hydrogen-bond donors (Lipinski definition) is 4. The Bertz CT molecular complexity index is 577. The van der Waals surface area contributed by atoms with Crippen LogP contribution in [0.15, 0.2) is 30.3 Å². The van der Waals surface area contributed by atoms with E-state index in [0.29, 0.717) is 0 Å². The van der Waals surface area contributed by atoms with Crippen LogP contribution in [0.25, 0.3) is 0 Å². The monoisotopic (exact) mass is 351 g/mol. The second kappa shape index (κ2) is 10.3. The second-order valence-electron chi connectivity index (χ2n) is 5.99. The lowest BCUT2D eigenvalue weighted by Gasteiger charge is -2.20. The largest absolute Gasteiger partial charge is 0.445 e. The minimum atomic E-state index is -1.11. The lowest BCUT2D eigenvalue weighted by atomic mass is 10.0. The van der Waals surface area contributed by atoms with Crippen molar-refractivity contribution in [1.82, 2.24) is 10.6 Å². The molecule has 0 radical (unpaired) electrons. The molecule has 25 heavy (non-hydrogen) atoms. The molecular weight excluding hydrogens is 326 g/mol. The van der Waals surface area contributed by atoms with Crippen molar-refractivity contribution in [2.24, 2.45) is 11.7 Å². The number of carbonyl (C=O) groups is 3. The maximum Gasteiger partial charge on any atom is 0.407 e. The van der Waals surface area contributed by atoms with Crippen LogP contribution in [0, 0.1) is 5.92 Å². The fourth-order valence-electron chi connectivity index (χ4n) is 2.06. The molecule has 3 amide bonds. The van der Waals surface area contributed by atoms with E-state index in [0.717, 1.165) is 5.56 Å². The molecule has 1 aromatic carbocycles. The van der Waals surface area contributed by atoms with Crippen molar-refractivity contribution in [1.29, 1.82) is 0 Å². The molecule has 8 heteroatoms. The molecule has 0 heterocycles. The summed E-state index contributed by atoms with van der Waals surface area (Å²) >= 11 is 0. The number of ether oxygens (including phenoxy) is 1. The van der Waals surface area contributed by atoms with Gasteiger partial charge in [0.15, 0.2) is 0 Å². The van der Waals surface area contributed by atoms with E-state index in [1.807, 2.05) is 30.3 Å². The minimum absolute atomic E-state index is 0.109. The van der Waals surface area contributed by atoms with Crippen LogP contribution in [-0.2, 0) is 20.9 Å². The van der Waals surface area contributed by atoms with Gasteiger partial charge >= 0.3 is 6.09 Å². The number of nitrogens with two attached hydrogens (primary N) is 1. The molecule has 138 valence electrons. The predicted octanol–water partition coefficient (Wildman–Crippen LogP) is 0.290. The van der Waals surface area contributed by atoms with E-state index in [1.165, 1.54) is 0 Å². The van der Waals surface area contributed by atoms with Gasteiger partial charge in [0.05, 0.1) is 12.5 Å². The number of primary amides is 1. The Morgan fingerprint density at radius 1 is 1.20 bits per heavy atom. The van der Waals surface area contributed by atoms with Crippen molar-refractivity contribution in [2.45, 2.75) is 39.0 Å². The summed E-state index contributed by atoms with van der Waals surface area (Å²) in [6, 6.07) is 8.34. The van der Waals surface area contributed by atoms with E-state index in [-0.39, 0.29) is 25.5 Å². The van der Waals surface area contributed by atoms with Gasteiger partial charge in [0.25, 0.3) is 0 Å². The summed E-state index contributed by atoms with van der Waals surface area (Å²) in [5, 5.41) is 14.6. The summed E-state index contributed by atoms with van der Waals surface area (Å²) in [6.45, 7) is 3.45. The summed E-state index contributed by atoms with van der Waals surface area (Å²) in [6.07, 6.45) is -2.07. The molecule has 0 saturated heterocycles. The molecule has 5 N–H and O–H groups in total. The molecule has 0 saturated carbocycles. The van der Waals surface area contributed by atoms with Crippen LogP contribution in [-0.4, -0.2) is 41.7 Å². The summed E-state index contributed by atoms with van der Waals surface area (Å²) in [5.74, 6) is -1.32. The number of hydrogen-bond acceptors (Lipinski definition) is 5. The Morgan fingerprint density at radius 3 is 2.40 bits per heavy atom. The van der Waals surface area contributed by atoms with Crippen LogP contribution >= 0.6 is 0 Å². The number of benzene rings is 1. The predicted molar refractivity (Wildman–Crippen MR) is 91.2 cm³/mol. The lowest BCUT2D eigenvalue weighted by molar-refractivity contribution is -0.129. The van der Waals surface area contributed by atoms with Gasteiger partial charge in [-0.3, -0.25) is 9.59 Å². The van der Waals surface area contributed by atoms with Crippen molar-refractivity contribution in [3.63, 3.8) is 0 Å². The Hall–Kier alpha value is -2.61. The van der Waals surface area contributed by atoms with Crippen molar-refractivity contribution in [3.8, 4) is 0 Å². The third kappa shape index (κ3) is 8.16. The first-order chi connectivity index (χ1) is 11.8. The Labute approximate surface area is 146 Å². The highest BCUT2D eigenvalue weighted by atomic mass is 16.5. The maximum absolute atomic E-state index is 11.8. The fraction of sp³-hybridized carbons (Fsp3) is 0.471. The zero-order valence-corrected chi connectivity index (χ0v) is 14.4. The topological polar surface area (TPSA) is 131 Å². The average molecular weight is 351 g/mol. The van der Waals surface area contributed by atoms with E-state index < -0.39 is 30.1 Å². The first-order valence-electron chi connectivity index (χ1n) is 8.01. The van der Waals surface area contributed by atoms with Gasteiger partial charge in [-0.2, -0.15) is 0 Å². The van der Waals surface area contributed by atoms with Crippen LogP contribution in [0.5, 0.6) is 0 Å². The molecule has 0 fully saturated rings. The van der Waals surface area contributed by atoms with Gasteiger partial charge in [-0.25, -0.2) is 4.79 Å². The fourth-order valence-corrected chi connectivity index (χ4v) is 2.06. The van der Waals surface area contributed by atoms with E-state index in [1.54, 1.807) is 13.8 Å². The smallest absolute Gasteiger partial charge is 0.407 e. The van der Waals surface area contributed by atoms with Crippen LogP contribution in [0.4, 0.5) is 4.79 Å². The molecular formula is C17H25N3O5. The Morgan fingerprint density at radius 2 is 1.84 bits per heavy atom. The lowest BCUT2D eigenvalue weighted by Crippen LogP contribution is -2.48. The quantitative estimate of drug-likeness (QED) is 0.508. The van der Waals surface area contributed by atoms with Gasteiger partial charge in [0, 0.05) is 6.54 Å². The van der Waals surface area contributed by atoms with Gasteiger partial charge in [-0.05, 0) is 11.5 Å². The number of aliphatic hydroxyl groups is 1. The minimum Gasteiger partial charge on any atom is -0.445 e. The first kappa shape index (κ1) is 20.4. The molecule has 0 aliphatic carbocycles. The number of nitrogens with one attached hydrogen (secondary N) is 2. The van der Waals surface area contributed by atoms with Crippen molar-refractivity contribution >= 4 is 17.9 Å². The van der Waals surface area contributed by atoms with Crippen molar-refractivity contribution in [3.05, 3.63) is 35.9 Å². The molecule has 0 unspecified atom stereocenters. The van der Waals surface area contributed by atoms with Gasteiger partial charge in [0.2, 0.25) is 11.8 Å². The maximum atomic E-state index is 11.8. The zero-order valence-electron chi connectivity index (χ0n) is 14.4. The number of aliphatic hydroxyl groups excluding tert-OH is 1. The van der Waals surface area contributed by atoms with Gasteiger partial charge in [0.1, 0.15) is 12.6 Å². The van der Waals surface area contributed by atoms with E-state index in [4.69, 9.17) is 10.5 Å². The zero-order chi connectivity index (χ0) is 18.8. The number of alkyl carbamates (subject to hydrolysis) is 1. The highest BCUT2D eigenvalue weighted by Gasteiger charge is 2.22. The van der Waals surface area contributed by atoms with Crippen LogP contribution in [0.2, 0.25) is 0 Å². The standard InChI is InChI=1S/C17H25N3O5/c1-11(2)15(16(18)23)20-14(22)8-13(21)9-19-17(24)25-10-12-6-4-3-5-7-12/h3-7,11,13,15,21H,8-10H2,1-2H3,(H2,18,23)(H,19,24)(H,20,22)/t13-,15+/m0/s1. The highest BCUT2D eigenvalue weighted by Crippen LogP contribution is 2.03. The summed E-state index contributed by atoms with van der Waals surface area (Å²) in [4.78, 5) is 34.6. The third-order valence-corrected chi connectivity index (χ3v) is 3.41. The van der Waals surface area contributed by atoms with Crippen LogP contribution < -0.4 is 16.4 Å². The summed E-state index contributed by atoms with van der Waals surface area (Å²) in [5.41, 5.74) is 6.04. The van der Waals surface area contributed by atoms with Gasteiger partial charge < -0.3 is 26.2 Å². The van der Waals surface area contributed by atoms with E-state index >= 15 is 0 Å². The van der Waals surface area contributed by atoms with Crippen molar-refractivity contribution in [2.75, 3.05) is 6.54 Å². The average Bonchev–Trinajstić information content (AvgIpc) is 2.56. The molecule has 1 rings (SSSR count). The molecule has 2 atom stereocenters. The molecule has 0 spiro atoms. The van der Waals surface area contributed by atoms with E-state index in [9.17, 15) is 19.5 Å². The molecule has 1 aromatic rings. The number of carbonyl (C=O) groups excluding carboxylic acids is 3. The normalized spacial score (nSPS) is 13.0. The second-order valence-corrected chi connectivity index (χ2v) is 5.99. The van der Waals surface area contributed by atoms with E-state index in [2.05, 4.69) is 10.6 Å². The highest BCUT2D eigenvalue weighted by molar-refractivity contribution is 5.86. The first-order valence-corrected chi connectivity index (χ1v) is 8.01. The summed E-state index contributed by atoms with van der Waals surface area (Å²) < 4.78 is 4.99. The van der Waals surface area contributed by atoms with Crippen LogP contribution in [0.3, 0.4) is 0 Å².